The lowest BCUT2D eigenvalue weighted by Crippen LogP contribution is -2.19. The highest BCUT2D eigenvalue weighted by molar-refractivity contribution is 5.57. The minimum atomic E-state index is 0.503. The summed E-state index contributed by atoms with van der Waals surface area (Å²) in [4.78, 5) is 6.71. The van der Waals surface area contributed by atoms with E-state index in [1.807, 2.05) is 38.4 Å². The Kier molecular flexibility index (Phi) is 3.81. The van der Waals surface area contributed by atoms with Gasteiger partial charge in [-0.3, -0.25) is 0 Å². The molecule has 2 aromatic rings. The molecule has 1 aromatic heterocycles. The molecule has 0 N–H and O–H groups in total. The Morgan fingerprint density at radius 3 is 2.96 bits per heavy atom. The minimum absolute atomic E-state index is 0.503. The molecule has 0 spiro atoms. The summed E-state index contributed by atoms with van der Waals surface area (Å²) in [6.45, 7) is 1.56. The van der Waals surface area contributed by atoms with Crippen molar-refractivity contribution in [1.82, 2.24) is 15.0 Å². The molecule has 23 heavy (non-hydrogen) atoms. The van der Waals surface area contributed by atoms with Gasteiger partial charge in [0.05, 0.1) is 0 Å². The monoisotopic (exact) mass is 313 g/mol. The lowest BCUT2D eigenvalue weighted by atomic mass is 10.2. The number of ether oxygens (including phenoxy) is 1. The highest BCUT2D eigenvalue weighted by atomic mass is 16.5. The zero-order valence-electron chi connectivity index (χ0n) is 13.7. The molecule has 0 unspecified atom stereocenters. The standard InChI is InChI=1S/C18H23N3O2/c1-21(2)8-9-22-14-5-3-4-13(10-14)17-19-18(23-20-17)16-11-15(16)12-6-7-12/h3-5,10,12,15-16H,6-9,11H2,1-2H3/t15-,16+/m1/s1. The van der Waals surface area contributed by atoms with Gasteiger partial charge in [-0.05, 0) is 57.3 Å². The van der Waals surface area contributed by atoms with E-state index in [4.69, 9.17) is 9.26 Å². The average molecular weight is 313 g/mol. The summed E-state index contributed by atoms with van der Waals surface area (Å²) in [5.74, 6) is 4.55. The third-order valence-corrected chi connectivity index (χ3v) is 4.73. The van der Waals surface area contributed by atoms with Gasteiger partial charge in [0.2, 0.25) is 11.7 Å². The topological polar surface area (TPSA) is 51.4 Å². The Hall–Kier alpha value is -1.88. The summed E-state index contributed by atoms with van der Waals surface area (Å²) >= 11 is 0. The van der Waals surface area contributed by atoms with Crippen LogP contribution < -0.4 is 4.74 Å². The van der Waals surface area contributed by atoms with Crippen LogP contribution in [0.2, 0.25) is 0 Å². The number of benzene rings is 1. The predicted molar refractivity (Wildman–Crippen MR) is 87.4 cm³/mol. The quantitative estimate of drug-likeness (QED) is 0.786. The van der Waals surface area contributed by atoms with Crippen LogP contribution in [0.1, 0.15) is 31.1 Å². The van der Waals surface area contributed by atoms with Gasteiger partial charge >= 0.3 is 0 Å². The van der Waals surface area contributed by atoms with Crippen LogP contribution in [-0.4, -0.2) is 42.3 Å². The molecular weight excluding hydrogens is 290 g/mol. The highest BCUT2D eigenvalue weighted by Gasteiger charge is 2.50. The van der Waals surface area contributed by atoms with Crippen LogP contribution in [0.3, 0.4) is 0 Å². The molecule has 0 bridgehead atoms. The maximum Gasteiger partial charge on any atom is 0.230 e. The number of aromatic nitrogens is 2. The molecule has 5 nitrogen and oxygen atoms in total. The van der Waals surface area contributed by atoms with Gasteiger partial charge in [0.15, 0.2) is 0 Å². The van der Waals surface area contributed by atoms with Crippen LogP contribution in [0.5, 0.6) is 5.75 Å². The Labute approximate surface area is 136 Å². The zero-order valence-corrected chi connectivity index (χ0v) is 13.7. The Bertz CT molecular complexity index is 678. The molecule has 122 valence electrons. The van der Waals surface area contributed by atoms with Crippen molar-refractivity contribution in [3.05, 3.63) is 30.2 Å². The van der Waals surface area contributed by atoms with Crippen molar-refractivity contribution in [2.24, 2.45) is 11.8 Å². The van der Waals surface area contributed by atoms with E-state index in [-0.39, 0.29) is 0 Å². The van der Waals surface area contributed by atoms with E-state index < -0.39 is 0 Å². The zero-order chi connectivity index (χ0) is 15.8. The van der Waals surface area contributed by atoms with E-state index in [1.54, 1.807) is 0 Å². The fourth-order valence-electron chi connectivity index (χ4n) is 3.12. The van der Waals surface area contributed by atoms with Crippen molar-refractivity contribution in [2.75, 3.05) is 27.2 Å². The molecule has 2 aliphatic rings. The maximum atomic E-state index is 5.77. The van der Waals surface area contributed by atoms with Gasteiger partial charge in [0.1, 0.15) is 12.4 Å². The maximum absolute atomic E-state index is 5.77. The fraction of sp³-hybridized carbons (Fsp3) is 0.556. The largest absolute Gasteiger partial charge is 0.492 e. The third kappa shape index (κ3) is 3.39. The van der Waals surface area contributed by atoms with Crippen LogP contribution in [-0.2, 0) is 0 Å². The highest BCUT2D eigenvalue weighted by Crippen LogP contribution is 2.58. The second kappa shape index (κ2) is 5.96. The van der Waals surface area contributed by atoms with E-state index in [0.717, 1.165) is 35.6 Å². The number of rotatable bonds is 7. The Morgan fingerprint density at radius 1 is 1.30 bits per heavy atom. The van der Waals surface area contributed by atoms with Gasteiger partial charge < -0.3 is 14.2 Å². The van der Waals surface area contributed by atoms with Crippen molar-refractivity contribution in [3.8, 4) is 17.1 Å². The van der Waals surface area contributed by atoms with Gasteiger partial charge in [-0.15, -0.1) is 0 Å². The number of likely N-dealkylation sites (N-methyl/N-ethyl adjacent to an activating group) is 1. The molecule has 4 rings (SSSR count). The van der Waals surface area contributed by atoms with E-state index in [0.29, 0.717) is 18.3 Å². The SMILES string of the molecule is CN(C)CCOc1cccc(-c2noc([C@H]3C[C@@H]3C3CC3)n2)c1. The average Bonchev–Trinajstić information content (AvgIpc) is 3.44. The molecule has 1 aromatic carbocycles. The van der Waals surface area contributed by atoms with Crippen LogP contribution in [0.15, 0.2) is 28.8 Å². The predicted octanol–water partition coefficient (Wildman–Crippen LogP) is 3.19. The number of hydrogen-bond acceptors (Lipinski definition) is 5. The third-order valence-electron chi connectivity index (χ3n) is 4.73. The molecule has 2 fully saturated rings. The summed E-state index contributed by atoms with van der Waals surface area (Å²) in [6, 6.07) is 7.92. The first-order valence-corrected chi connectivity index (χ1v) is 8.42. The van der Waals surface area contributed by atoms with Gasteiger partial charge in [-0.25, -0.2) is 0 Å². The van der Waals surface area contributed by atoms with Crippen molar-refractivity contribution in [1.29, 1.82) is 0 Å². The molecule has 0 amide bonds. The first-order valence-electron chi connectivity index (χ1n) is 8.42. The van der Waals surface area contributed by atoms with Crippen molar-refractivity contribution in [2.45, 2.75) is 25.2 Å². The fourth-order valence-corrected chi connectivity index (χ4v) is 3.12. The Balaban J connectivity index is 1.42. The molecule has 2 atom stereocenters. The lowest BCUT2D eigenvalue weighted by molar-refractivity contribution is 0.261. The van der Waals surface area contributed by atoms with Gasteiger partial charge in [0.25, 0.3) is 0 Å². The van der Waals surface area contributed by atoms with E-state index in [9.17, 15) is 0 Å². The lowest BCUT2D eigenvalue weighted by Gasteiger charge is -2.11. The van der Waals surface area contributed by atoms with Crippen molar-refractivity contribution >= 4 is 0 Å². The normalized spacial score (nSPS) is 23.3. The molecule has 0 saturated heterocycles. The van der Waals surface area contributed by atoms with Gasteiger partial charge in [-0.1, -0.05) is 17.3 Å². The second-order valence-electron chi connectivity index (χ2n) is 6.98. The van der Waals surface area contributed by atoms with Crippen LogP contribution in [0.25, 0.3) is 11.4 Å². The van der Waals surface area contributed by atoms with Crippen molar-refractivity contribution < 1.29 is 9.26 Å². The first kappa shape index (κ1) is 14.7. The summed E-state index contributed by atoms with van der Waals surface area (Å²) in [6.07, 6.45) is 3.99. The molecule has 1 heterocycles. The summed E-state index contributed by atoms with van der Waals surface area (Å²) in [5, 5.41) is 4.16. The van der Waals surface area contributed by atoms with Gasteiger partial charge in [0, 0.05) is 18.0 Å². The van der Waals surface area contributed by atoms with E-state index in [2.05, 4.69) is 15.0 Å². The Morgan fingerprint density at radius 2 is 2.17 bits per heavy atom. The number of nitrogens with zero attached hydrogens (tertiary/aromatic N) is 3. The summed E-state index contributed by atoms with van der Waals surface area (Å²) in [7, 11) is 4.07. The van der Waals surface area contributed by atoms with Gasteiger partial charge in [-0.2, -0.15) is 4.98 Å². The molecular formula is C18H23N3O2. The first-order chi connectivity index (χ1) is 11.2. The number of hydrogen-bond donors (Lipinski definition) is 0. The summed E-state index contributed by atoms with van der Waals surface area (Å²) in [5.41, 5.74) is 0.950. The van der Waals surface area contributed by atoms with Crippen LogP contribution in [0, 0.1) is 11.8 Å². The van der Waals surface area contributed by atoms with Crippen molar-refractivity contribution in [3.63, 3.8) is 0 Å². The van der Waals surface area contributed by atoms with E-state index >= 15 is 0 Å². The van der Waals surface area contributed by atoms with E-state index in [1.165, 1.54) is 19.3 Å². The smallest absolute Gasteiger partial charge is 0.230 e. The molecule has 2 saturated carbocycles. The molecule has 5 heteroatoms. The van der Waals surface area contributed by atoms with Crippen LogP contribution in [0.4, 0.5) is 0 Å². The molecule has 0 aliphatic heterocycles. The second-order valence-corrected chi connectivity index (χ2v) is 6.98. The van der Waals surface area contributed by atoms with Crippen LogP contribution >= 0.6 is 0 Å². The minimum Gasteiger partial charge on any atom is -0.492 e. The molecule has 0 radical (unpaired) electrons. The summed E-state index contributed by atoms with van der Waals surface area (Å²) < 4.78 is 11.3. The molecule has 2 aliphatic carbocycles.